The zero-order valence-corrected chi connectivity index (χ0v) is 16.5. The molecule has 8 nitrogen and oxygen atoms in total. The lowest BCUT2D eigenvalue weighted by molar-refractivity contribution is -0.125. The molecule has 2 aromatic heterocycles. The maximum absolute atomic E-state index is 12.6. The first-order valence-electron chi connectivity index (χ1n) is 8.92. The van der Waals surface area contributed by atoms with Gasteiger partial charge in [-0.1, -0.05) is 37.2 Å². The first-order valence-corrected chi connectivity index (χ1v) is 9.80. The van der Waals surface area contributed by atoms with Crippen LogP contribution < -0.4 is 10.9 Å². The van der Waals surface area contributed by atoms with Crippen LogP contribution in [-0.4, -0.2) is 32.3 Å². The predicted octanol–water partition coefficient (Wildman–Crippen LogP) is 2.87. The van der Waals surface area contributed by atoms with Crippen molar-refractivity contribution in [3.63, 3.8) is 0 Å². The van der Waals surface area contributed by atoms with Crippen molar-refractivity contribution in [2.75, 3.05) is 5.32 Å². The van der Waals surface area contributed by atoms with Crippen LogP contribution in [0, 0.1) is 12.8 Å². The van der Waals surface area contributed by atoms with Gasteiger partial charge in [0.05, 0.1) is 17.1 Å². The fraction of sp³-hybridized carbons (Fsp3) is 0.316. The number of hydrogen-bond acceptors (Lipinski definition) is 7. The summed E-state index contributed by atoms with van der Waals surface area (Å²) in [6, 6.07) is 7.03. The van der Waals surface area contributed by atoms with Gasteiger partial charge in [-0.05, 0) is 18.9 Å². The predicted molar refractivity (Wildman–Crippen MR) is 108 cm³/mol. The van der Waals surface area contributed by atoms with Gasteiger partial charge >= 0.3 is 5.56 Å². The van der Waals surface area contributed by atoms with Gasteiger partial charge in [-0.2, -0.15) is 10.1 Å². The number of benzene rings is 1. The molecule has 1 atom stereocenters. The van der Waals surface area contributed by atoms with E-state index in [4.69, 9.17) is 4.84 Å². The molecule has 4 rings (SSSR count). The highest BCUT2D eigenvalue weighted by Gasteiger charge is 2.30. The van der Waals surface area contributed by atoms with Gasteiger partial charge in [0, 0.05) is 17.4 Å². The van der Waals surface area contributed by atoms with Crippen molar-refractivity contribution in [1.82, 2.24) is 14.6 Å². The minimum Gasteiger partial charge on any atom is -0.382 e. The summed E-state index contributed by atoms with van der Waals surface area (Å²) < 4.78 is 1.63. The Morgan fingerprint density at radius 3 is 2.89 bits per heavy atom. The monoisotopic (exact) mass is 397 g/mol. The third-order valence-electron chi connectivity index (χ3n) is 4.54. The van der Waals surface area contributed by atoms with E-state index in [-0.39, 0.29) is 17.5 Å². The van der Waals surface area contributed by atoms with Crippen LogP contribution in [0.5, 0.6) is 0 Å². The van der Waals surface area contributed by atoms with Gasteiger partial charge in [-0.25, -0.2) is 4.52 Å². The van der Waals surface area contributed by atoms with E-state index in [1.54, 1.807) is 28.8 Å². The van der Waals surface area contributed by atoms with Crippen LogP contribution in [0.4, 0.5) is 5.69 Å². The number of aryl methyl sites for hydroxylation is 1. The van der Waals surface area contributed by atoms with Crippen LogP contribution >= 0.6 is 11.3 Å². The van der Waals surface area contributed by atoms with Gasteiger partial charge in [0.2, 0.25) is 11.1 Å². The summed E-state index contributed by atoms with van der Waals surface area (Å²) in [5.41, 5.74) is 2.47. The molecule has 0 saturated heterocycles. The fourth-order valence-corrected chi connectivity index (χ4v) is 3.72. The summed E-state index contributed by atoms with van der Waals surface area (Å²) in [4.78, 5) is 35.1. The van der Waals surface area contributed by atoms with Crippen molar-refractivity contribution in [3.8, 4) is 11.3 Å². The summed E-state index contributed by atoms with van der Waals surface area (Å²) in [7, 11) is 0. The van der Waals surface area contributed by atoms with Gasteiger partial charge in [0.15, 0.2) is 5.69 Å². The molecule has 0 unspecified atom stereocenters. The third-order valence-corrected chi connectivity index (χ3v) is 5.47. The number of carbonyl (C=O) groups excluding carboxylic acids is 1. The first kappa shape index (κ1) is 18.3. The SMILES string of the molecule is Cc1csc2nc(=O)c(-c3ccccc3NC(=O)[C@@H]3CC(C(C)C)=NO3)nn12. The standard InChI is InChI=1S/C19H19N5O3S/c1-10(2)14-8-15(27-23-14)17(25)20-13-7-5-4-6-12(13)16-18(26)21-19-24(22-16)11(3)9-28-19/h4-7,9-10,15H,8H2,1-3H3,(H,20,25)/t15-/m0/s1. The summed E-state index contributed by atoms with van der Waals surface area (Å²) in [6.45, 7) is 5.91. The van der Waals surface area contributed by atoms with Crippen LogP contribution in [0.25, 0.3) is 16.2 Å². The second-order valence-electron chi connectivity index (χ2n) is 6.91. The quantitative estimate of drug-likeness (QED) is 0.730. The average molecular weight is 397 g/mol. The summed E-state index contributed by atoms with van der Waals surface area (Å²) in [6.07, 6.45) is -0.229. The highest BCUT2D eigenvalue weighted by molar-refractivity contribution is 7.15. The lowest BCUT2D eigenvalue weighted by Crippen LogP contribution is -2.29. The van der Waals surface area contributed by atoms with Crippen molar-refractivity contribution in [1.29, 1.82) is 0 Å². The van der Waals surface area contributed by atoms with Gasteiger partial charge in [0.1, 0.15) is 0 Å². The Morgan fingerprint density at radius 2 is 2.14 bits per heavy atom. The van der Waals surface area contributed by atoms with Crippen molar-refractivity contribution in [2.24, 2.45) is 11.1 Å². The lowest BCUT2D eigenvalue weighted by atomic mass is 10.0. The Balaban J connectivity index is 1.65. The van der Waals surface area contributed by atoms with Crippen molar-refractivity contribution in [2.45, 2.75) is 33.3 Å². The van der Waals surface area contributed by atoms with Crippen molar-refractivity contribution < 1.29 is 9.63 Å². The number of anilines is 1. The van der Waals surface area contributed by atoms with Gasteiger partial charge in [0.25, 0.3) is 5.91 Å². The molecule has 3 aromatic rings. The normalized spacial score (nSPS) is 16.3. The van der Waals surface area contributed by atoms with Crippen LogP contribution in [0.1, 0.15) is 26.0 Å². The Labute approximate surface area is 164 Å². The van der Waals surface area contributed by atoms with Gasteiger partial charge in [-0.3, -0.25) is 9.59 Å². The van der Waals surface area contributed by atoms with Crippen molar-refractivity contribution >= 4 is 33.6 Å². The molecule has 1 N–H and O–H groups in total. The molecular weight excluding hydrogens is 378 g/mol. The largest absolute Gasteiger partial charge is 0.382 e. The summed E-state index contributed by atoms with van der Waals surface area (Å²) in [5, 5.41) is 13.2. The van der Waals surface area contributed by atoms with Gasteiger partial charge in [-0.15, -0.1) is 11.3 Å². The fourth-order valence-electron chi connectivity index (χ4n) is 2.93. The van der Waals surface area contributed by atoms with Crippen LogP contribution in [0.3, 0.4) is 0 Å². The number of rotatable bonds is 4. The van der Waals surface area contributed by atoms with E-state index < -0.39 is 11.7 Å². The van der Waals surface area contributed by atoms with E-state index in [0.29, 0.717) is 22.6 Å². The molecule has 1 aromatic carbocycles. The molecule has 1 amide bonds. The minimum absolute atomic E-state index is 0.182. The zero-order chi connectivity index (χ0) is 19.8. The lowest BCUT2D eigenvalue weighted by Gasteiger charge is -2.13. The molecular formula is C19H19N5O3S. The van der Waals surface area contributed by atoms with Crippen LogP contribution in [-0.2, 0) is 9.63 Å². The molecule has 3 heterocycles. The minimum atomic E-state index is -0.681. The van der Waals surface area contributed by atoms with Gasteiger partial charge < -0.3 is 10.2 Å². The number of aromatic nitrogens is 3. The summed E-state index contributed by atoms with van der Waals surface area (Å²) >= 11 is 1.36. The van der Waals surface area contributed by atoms with Crippen molar-refractivity contribution in [3.05, 3.63) is 45.7 Å². The molecule has 144 valence electrons. The molecule has 28 heavy (non-hydrogen) atoms. The Hall–Kier alpha value is -3.07. The second-order valence-corrected chi connectivity index (χ2v) is 7.74. The van der Waals surface area contributed by atoms with E-state index in [9.17, 15) is 9.59 Å². The number of nitrogens with zero attached hydrogens (tertiary/aromatic N) is 4. The number of hydrogen-bond donors (Lipinski definition) is 1. The molecule has 0 saturated carbocycles. The molecule has 0 fully saturated rings. The number of thiazole rings is 1. The molecule has 9 heteroatoms. The van der Waals surface area contributed by atoms with Crippen LogP contribution in [0.2, 0.25) is 0 Å². The molecule has 0 radical (unpaired) electrons. The zero-order valence-electron chi connectivity index (χ0n) is 15.7. The first-order chi connectivity index (χ1) is 13.4. The number of nitrogens with one attached hydrogen (secondary N) is 1. The molecule has 0 aliphatic carbocycles. The average Bonchev–Trinajstić information content (AvgIpc) is 3.29. The smallest absolute Gasteiger partial charge is 0.300 e. The number of fused-ring (bicyclic) bond motifs is 1. The molecule has 0 bridgehead atoms. The maximum Gasteiger partial charge on any atom is 0.300 e. The Kier molecular flexibility index (Phi) is 4.68. The van der Waals surface area contributed by atoms with Crippen LogP contribution in [0.15, 0.2) is 39.6 Å². The topological polar surface area (TPSA) is 98.0 Å². The second kappa shape index (κ2) is 7.16. The van der Waals surface area contributed by atoms with E-state index in [1.807, 2.05) is 26.2 Å². The number of carbonyl (C=O) groups is 1. The number of amides is 1. The third kappa shape index (κ3) is 3.29. The Bertz CT molecular complexity index is 1150. The van der Waals surface area contributed by atoms with E-state index in [0.717, 1.165) is 11.4 Å². The number of oxime groups is 1. The summed E-state index contributed by atoms with van der Waals surface area (Å²) in [5.74, 6) is -0.0892. The van der Waals surface area contributed by atoms with E-state index in [2.05, 4.69) is 20.6 Å². The Morgan fingerprint density at radius 1 is 1.36 bits per heavy atom. The maximum atomic E-state index is 12.6. The highest BCUT2D eigenvalue weighted by Crippen LogP contribution is 2.26. The highest BCUT2D eigenvalue weighted by atomic mass is 32.1. The molecule has 1 aliphatic heterocycles. The molecule has 0 spiro atoms. The number of para-hydroxylation sites is 1. The molecule has 1 aliphatic rings. The van der Waals surface area contributed by atoms with E-state index >= 15 is 0 Å². The van der Waals surface area contributed by atoms with E-state index in [1.165, 1.54) is 11.3 Å².